The highest BCUT2D eigenvalue weighted by molar-refractivity contribution is 5.86. The van der Waals surface area contributed by atoms with E-state index < -0.39 is 24.1 Å². The molecule has 0 aromatic heterocycles. The first-order valence-corrected chi connectivity index (χ1v) is 11.5. The van der Waals surface area contributed by atoms with E-state index in [0.29, 0.717) is 6.54 Å². The Balaban J connectivity index is 1.70. The van der Waals surface area contributed by atoms with Gasteiger partial charge in [0.15, 0.2) is 0 Å². The number of fused-ring (bicyclic) bond motifs is 3. The number of amides is 2. The number of hydrogen-bond acceptors (Lipinski definition) is 5. The Morgan fingerprint density at radius 2 is 1.59 bits per heavy atom. The van der Waals surface area contributed by atoms with Crippen molar-refractivity contribution in [2.75, 3.05) is 33.8 Å². The monoisotopic (exact) mass is 467 g/mol. The molecule has 2 atom stereocenters. The summed E-state index contributed by atoms with van der Waals surface area (Å²) in [5, 5.41) is 11.8. The van der Waals surface area contributed by atoms with Gasteiger partial charge in [-0.05, 0) is 50.2 Å². The smallest absolute Gasteiger partial charge is 0.407 e. The van der Waals surface area contributed by atoms with E-state index in [1.54, 1.807) is 32.8 Å². The number of ether oxygens (including phenoxy) is 1. The zero-order valence-corrected chi connectivity index (χ0v) is 20.2. The van der Waals surface area contributed by atoms with Crippen LogP contribution in [0.3, 0.4) is 0 Å². The minimum atomic E-state index is -0.979. The molecule has 1 aliphatic carbocycles. The molecule has 3 rings (SSSR count). The van der Waals surface area contributed by atoms with E-state index in [1.807, 2.05) is 36.4 Å². The molecule has 0 spiro atoms. The van der Waals surface area contributed by atoms with Crippen LogP contribution in [0.25, 0.3) is 11.1 Å². The second kappa shape index (κ2) is 11.2. The molecule has 1 unspecified atom stereocenters. The Morgan fingerprint density at radius 1 is 1.03 bits per heavy atom. The van der Waals surface area contributed by atoms with Crippen LogP contribution in [0, 0.1) is 0 Å². The molecular formula is C26H33N3O5. The summed E-state index contributed by atoms with van der Waals surface area (Å²) >= 11 is 0. The lowest BCUT2D eigenvalue weighted by Gasteiger charge is -2.32. The third kappa shape index (κ3) is 5.75. The van der Waals surface area contributed by atoms with Gasteiger partial charge >= 0.3 is 12.1 Å². The largest absolute Gasteiger partial charge is 0.481 e. The summed E-state index contributed by atoms with van der Waals surface area (Å²) in [7, 11) is 3.60. The maximum Gasteiger partial charge on any atom is 0.407 e. The van der Waals surface area contributed by atoms with Gasteiger partial charge in [-0.1, -0.05) is 48.5 Å². The van der Waals surface area contributed by atoms with Gasteiger partial charge in [0.2, 0.25) is 5.91 Å². The predicted molar refractivity (Wildman–Crippen MR) is 130 cm³/mol. The quantitative estimate of drug-likeness (QED) is 0.557. The van der Waals surface area contributed by atoms with Crippen molar-refractivity contribution in [1.29, 1.82) is 0 Å². The number of carbonyl (C=O) groups is 3. The second-order valence-corrected chi connectivity index (χ2v) is 8.86. The van der Waals surface area contributed by atoms with Crippen LogP contribution < -0.4 is 5.32 Å². The average molecular weight is 468 g/mol. The molecule has 0 bridgehead atoms. The number of likely N-dealkylation sites (N-methyl/N-ethyl adjacent to an activating group) is 2. The number of alkyl carbamates (subject to hydrolysis) is 1. The molecule has 2 aromatic rings. The van der Waals surface area contributed by atoms with Gasteiger partial charge in [0.25, 0.3) is 0 Å². The van der Waals surface area contributed by atoms with Crippen molar-refractivity contribution in [3.63, 3.8) is 0 Å². The molecule has 182 valence electrons. The summed E-state index contributed by atoms with van der Waals surface area (Å²) in [6, 6.07) is 14.8. The summed E-state index contributed by atoms with van der Waals surface area (Å²) < 4.78 is 5.61. The van der Waals surface area contributed by atoms with Crippen LogP contribution in [0.15, 0.2) is 48.5 Å². The number of rotatable bonds is 10. The standard InChI is InChI=1S/C26H33N3O5/c1-5-29(17(2)14-24(30)31)25(32)23(15-28(3)4)27-26(33)34-16-22-20-12-8-6-10-18(20)19-11-7-9-13-21(19)22/h6-13,17,22-23H,5,14-16H2,1-4H3,(H,27,33)(H,30,31)/t17?,23-/m0/s1. The van der Waals surface area contributed by atoms with Crippen LogP contribution in [0.1, 0.15) is 37.3 Å². The topological polar surface area (TPSA) is 99.2 Å². The molecule has 2 amide bonds. The Morgan fingerprint density at radius 3 is 2.09 bits per heavy atom. The van der Waals surface area contributed by atoms with E-state index in [9.17, 15) is 14.4 Å². The molecule has 0 aliphatic heterocycles. The molecule has 1 aliphatic rings. The van der Waals surface area contributed by atoms with E-state index >= 15 is 0 Å². The summed E-state index contributed by atoms with van der Waals surface area (Å²) in [6.45, 7) is 4.23. The number of benzene rings is 2. The lowest BCUT2D eigenvalue weighted by Crippen LogP contribution is -2.55. The lowest BCUT2D eigenvalue weighted by atomic mass is 9.98. The molecule has 2 aromatic carbocycles. The van der Waals surface area contributed by atoms with Crippen LogP contribution in [-0.2, 0) is 14.3 Å². The Kier molecular flexibility index (Phi) is 8.28. The Bertz CT molecular complexity index is 993. The first kappa shape index (κ1) is 25.2. The van der Waals surface area contributed by atoms with Gasteiger partial charge in [-0.25, -0.2) is 4.79 Å². The van der Waals surface area contributed by atoms with Gasteiger partial charge in [-0.3, -0.25) is 9.59 Å². The summed E-state index contributed by atoms with van der Waals surface area (Å²) in [6.07, 6.45) is -0.844. The predicted octanol–water partition coefficient (Wildman–Crippen LogP) is 3.17. The molecule has 0 saturated heterocycles. The lowest BCUT2D eigenvalue weighted by molar-refractivity contribution is -0.141. The number of aliphatic carboxylic acids is 1. The summed E-state index contributed by atoms with van der Waals surface area (Å²) in [5.41, 5.74) is 4.49. The molecule has 0 saturated carbocycles. The van der Waals surface area contributed by atoms with E-state index in [4.69, 9.17) is 9.84 Å². The molecule has 34 heavy (non-hydrogen) atoms. The summed E-state index contributed by atoms with van der Waals surface area (Å²) in [5.74, 6) is -1.39. The molecular weight excluding hydrogens is 434 g/mol. The first-order chi connectivity index (χ1) is 16.2. The maximum absolute atomic E-state index is 13.2. The van der Waals surface area contributed by atoms with Crippen LogP contribution in [0.4, 0.5) is 4.79 Å². The highest BCUT2D eigenvalue weighted by Crippen LogP contribution is 2.44. The number of carboxylic acid groups (broad SMARTS) is 1. The SMILES string of the molecule is CCN(C(=O)[C@H](CN(C)C)NC(=O)OCC1c2ccccc2-c2ccccc21)C(C)CC(=O)O. The van der Waals surface area contributed by atoms with Gasteiger partial charge in [-0.15, -0.1) is 0 Å². The number of nitrogens with zero attached hydrogens (tertiary/aromatic N) is 2. The second-order valence-electron chi connectivity index (χ2n) is 8.86. The van der Waals surface area contributed by atoms with Gasteiger partial charge in [-0.2, -0.15) is 0 Å². The van der Waals surface area contributed by atoms with Crippen molar-refractivity contribution in [2.45, 2.75) is 38.3 Å². The first-order valence-electron chi connectivity index (χ1n) is 11.5. The van der Waals surface area contributed by atoms with Crippen LogP contribution in [0.5, 0.6) is 0 Å². The molecule has 0 fully saturated rings. The molecule has 0 heterocycles. The van der Waals surface area contributed by atoms with Gasteiger partial charge in [0.1, 0.15) is 12.6 Å². The van der Waals surface area contributed by atoms with Crippen molar-refractivity contribution >= 4 is 18.0 Å². The zero-order chi connectivity index (χ0) is 24.8. The van der Waals surface area contributed by atoms with Gasteiger partial charge in [0.05, 0.1) is 6.42 Å². The van der Waals surface area contributed by atoms with Crippen molar-refractivity contribution in [3.8, 4) is 11.1 Å². The fourth-order valence-electron chi connectivity index (χ4n) is 4.58. The van der Waals surface area contributed by atoms with Gasteiger partial charge < -0.3 is 25.0 Å². The van der Waals surface area contributed by atoms with Crippen molar-refractivity contribution in [1.82, 2.24) is 15.1 Å². The highest BCUT2D eigenvalue weighted by atomic mass is 16.5. The van der Waals surface area contributed by atoms with Crippen LogP contribution >= 0.6 is 0 Å². The zero-order valence-electron chi connectivity index (χ0n) is 20.2. The number of carboxylic acids is 1. The molecule has 8 heteroatoms. The fourth-order valence-corrected chi connectivity index (χ4v) is 4.58. The third-order valence-corrected chi connectivity index (χ3v) is 6.11. The number of carbonyl (C=O) groups excluding carboxylic acids is 2. The minimum absolute atomic E-state index is 0.0797. The van der Waals surface area contributed by atoms with Crippen molar-refractivity contribution < 1.29 is 24.2 Å². The molecule has 8 nitrogen and oxygen atoms in total. The Labute approximate surface area is 200 Å². The van der Waals surface area contributed by atoms with Crippen LogP contribution in [-0.4, -0.2) is 78.8 Å². The van der Waals surface area contributed by atoms with Crippen molar-refractivity contribution in [2.24, 2.45) is 0 Å². The van der Waals surface area contributed by atoms with E-state index in [1.165, 1.54) is 4.90 Å². The highest BCUT2D eigenvalue weighted by Gasteiger charge is 2.32. The van der Waals surface area contributed by atoms with E-state index in [-0.39, 0.29) is 31.4 Å². The van der Waals surface area contributed by atoms with Crippen LogP contribution in [0.2, 0.25) is 0 Å². The van der Waals surface area contributed by atoms with E-state index in [2.05, 4.69) is 17.4 Å². The minimum Gasteiger partial charge on any atom is -0.481 e. The number of hydrogen-bond donors (Lipinski definition) is 2. The number of nitrogens with one attached hydrogen (secondary N) is 1. The van der Waals surface area contributed by atoms with Crippen molar-refractivity contribution in [3.05, 3.63) is 59.7 Å². The molecule has 0 radical (unpaired) electrons. The normalized spacial score (nSPS) is 14.1. The Hall–Kier alpha value is -3.39. The fraction of sp³-hybridized carbons (Fsp3) is 0.423. The maximum atomic E-state index is 13.2. The molecule has 2 N–H and O–H groups in total. The average Bonchev–Trinajstić information content (AvgIpc) is 3.10. The van der Waals surface area contributed by atoms with E-state index in [0.717, 1.165) is 22.3 Å². The third-order valence-electron chi connectivity index (χ3n) is 6.11. The van der Waals surface area contributed by atoms with Gasteiger partial charge in [0, 0.05) is 25.0 Å². The summed E-state index contributed by atoms with van der Waals surface area (Å²) in [4.78, 5) is 40.4.